The number of nitrogen functional groups attached to an aromatic ring is 1. The van der Waals surface area contributed by atoms with Gasteiger partial charge in [-0.2, -0.15) is 9.97 Å². The van der Waals surface area contributed by atoms with Gasteiger partial charge in [0.1, 0.15) is 29.0 Å². The number of likely N-dealkylation sites (N-methyl/N-ethyl adjacent to an activating group) is 1. The number of fused-ring (bicyclic) bond motifs is 2. The molecule has 6 heterocycles. The minimum atomic E-state index is -0.631. The van der Waals surface area contributed by atoms with Gasteiger partial charge in [-0.25, -0.2) is 13.8 Å². The molecule has 1 amide bonds. The number of carbonyl (C=O) groups is 1. The van der Waals surface area contributed by atoms with E-state index in [9.17, 15) is 9.18 Å². The zero-order valence-electron chi connectivity index (χ0n) is 23.7. The standard InChI is InChI=1S/C22H24FN7O2.C7H12FN/c1-5-16(31)30-9-8-13(11-30)29(3)21-14-10-25-20(18-12(2)6-7-15(24)26-18)17(23)19(14)27-22(28-21)32-4;8-6-4-7-2-1-3-9(7)5-6/h5-7,10,13H,1,8-9,11H2,2-4H3,(H2,24,26);6-7H,1-5H2. The lowest BCUT2D eigenvalue weighted by molar-refractivity contribution is -0.125. The Kier molecular flexibility index (Phi) is 8.30. The van der Waals surface area contributed by atoms with Crippen molar-refractivity contribution in [1.29, 1.82) is 0 Å². The van der Waals surface area contributed by atoms with E-state index in [2.05, 4.69) is 31.4 Å². The number of rotatable bonds is 5. The van der Waals surface area contributed by atoms with E-state index in [1.165, 1.54) is 32.2 Å². The highest BCUT2D eigenvalue weighted by Crippen LogP contribution is 2.34. The first kappa shape index (κ1) is 28.6. The Balaban J connectivity index is 0.000000315. The zero-order valence-corrected chi connectivity index (χ0v) is 23.7. The van der Waals surface area contributed by atoms with Crippen LogP contribution >= 0.6 is 0 Å². The summed E-state index contributed by atoms with van der Waals surface area (Å²) in [6.45, 7) is 8.33. The summed E-state index contributed by atoms with van der Waals surface area (Å²) in [7, 11) is 3.28. The van der Waals surface area contributed by atoms with Crippen molar-refractivity contribution < 1.29 is 18.3 Å². The number of hydrogen-bond donors (Lipinski definition) is 1. The minimum absolute atomic E-state index is 0.0118. The highest BCUT2D eigenvalue weighted by atomic mass is 19.1. The Bertz CT molecular complexity index is 1440. The fourth-order valence-corrected chi connectivity index (χ4v) is 5.92. The van der Waals surface area contributed by atoms with E-state index in [-0.39, 0.29) is 35.0 Å². The van der Waals surface area contributed by atoms with Crippen LogP contribution in [0.2, 0.25) is 0 Å². The van der Waals surface area contributed by atoms with E-state index < -0.39 is 12.0 Å². The predicted octanol–water partition coefficient (Wildman–Crippen LogP) is 3.54. The molecule has 0 spiro atoms. The van der Waals surface area contributed by atoms with Crippen molar-refractivity contribution in [3.8, 4) is 17.4 Å². The number of ether oxygens (including phenoxy) is 1. The second-order valence-corrected chi connectivity index (χ2v) is 10.8. The Hall–Kier alpha value is -3.93. The molecule has 3 saturated heterocycles. The summed E-state index contributed by atoms with van der Waals surface area (Å²) in [5.74, 6) is -0.00489. The molecular weight excluding hydrogens is 530 g/mol. The smallest absolute Gasteiger partial charge is 0.318 e. The molecule has 3 unspecified atom stereocenters. The number of carbonyl (C=O) groups excluding carboxylic acids is 1. The number of aryl methyl sites for hydroxylation is 1. The fraction of sp³-hybridized carbons (Fsp3) is 0.483. The molecule has 0 aliphatic carbocycles. The van der Waals surface area contributed by atoms with Crippen LogP contribution in [0.4, 0.5) is 20.4 Å². The maximum absolute atomic E-state index is 15.6. The molecule has 10 nitrogen and oxygen atoms in total. The van der Waals surface area contributed by atoms with E-state index in [4.69, 9.17) is 10.5 Å². The van der Waals surface area contributed by atoms with Gasteiger partial charge in [-0.3, -0.25) is 14.7 Å². The molecule has 41 heavy (non-hydrogen) atoms. The van der Waals surface area contributed by atoms with Crippen LogP contribution in [0.5, 0.6) is 6.01 Å². The van der Waals surface area contributed by atoms with Crippen molar-refractivity contribution in [3.63, 3.8) is 0 Å². The van der Waals surface area contributed by atoms with Crippen LogP contribution < -0.4 is 15.4 Å². The van der Waals surface area contributed by atoms with Crippen LogP contribution in [0.25, 0.3) is 22.3 Å². The Morgan fingerprint density at radius 2 is 2.00 bits per heavy atom. The number of alkyl halides is 1. The Labute approximate surface area is 238 Å². The normalized spacial score (nSPS) is 21.9. The molecular formula is C29H36F2N8O2. The second-order valence-electron chi connectivity index (χ2n) is 10.8. The summed E-state index contributed by atoms with van der Waals surface area (Å²) < 4.78 is 33.5. The monoisotopic (exact) mass is 566 g/mol. The third-order valence-corrected chi connectivity index (χ3v) is 8.16. The molecule has 0 aromatic carbocycles. The van der Waals surface area contributed by atoms with Crippen molar-refractivity contribution in [3.05, 3.63) is 42.4 Å². The summed E-state index contributed by atoms with van der Waals surface area (Å²) in [4.78, 5) is 35.2. The lowest BCUT2D eigenvalue weighted by atomic mass is 10.1. The van der Waals surface area contributed by atoms with Gasteiger partial charge in [-0.1, -0.05) is 12.6 Å². The van der Waals surface area contributed by atoms with Gasteiger partial charge in [-0.15, -0.1) is 0 Å². The van der Waals surface area contributed by atoms with Crippen molar-refractivity contribution in [2.75, 3.05) is 51.0 Å². The van der Waals surface area contributed by atoms with Crippen molar-refractivity contribution in [2.45, 2.75) is 50.9 Å². The van der Waals surface area contributed by atoms with Crippen LogP contribution in [0.1, 0.15) is 31.2 Å². The third kappa shape index (κ3) is 5.79. The quantitative estimate of drug-likeness (QED) is 0.463. The van der Waals surface area contributed by atoms with E-state index >= 15 is 4.39 Å². The van der Waals surface area contributed by atoms with Crippen LogP contribution in [-0.2, 0) is 4.79 Å². The molecule has 3 fully saturated rings. The molecule has 0 radical (unpaired) electrons. The first-order valence-corrected chi connectivity index (χ1v) is 13.9. The maximum atomic E-state index is 15.6. The number of pyridine rings is 2. The third-order valence-electron chi connectivity index (χ3n) is 8.16. The molecule has 3 aromatic rings. The van der Waals surface area contributed by atoms with Crippen molar-refractivity contribution in [2.24, 2.45) is 0 Å². The topological polar surface area (TPSA) is 114 Å². The Morgan fingerprint density at radius 3 is 2.73 bits per heavy atom. The summed E-state index contributed by atoms with van der Waals surface area (Å²) in [5, 5.41) is 0.435. The average molecular weight is 567 g/mol. The molecule has 0 saturated carbocycles. The highest BCUT2D eigenvalue weighted by Gasteiger charge is 2.35. The molecule has 218 valence electrons. The molecule has 0 bridgehead atoms. The SMILES string of the molecule is C=CC(=O)N1CCC(N(C)c2nc(OC)nc3c(F)c(-c4nc(N)ccc4C)ncc23)C1.FC1CC2CCCN2C1. The highest BCUT2D eigenvalue weighted by molar-refractivity contribution is 5.92. The number of methoxy groups -OCH3 is 1. The van der Waals surface area contributed by atoms with Crippen LogP contribution in [0.3, 0.4) is 0 Å². The van der Waals surface area contributed by atoms with Gasteiger partial charge in [0.25, 0.3) is 0 Å². The number of aromatic nitrogens is 4. The summed E-state index contributed by atoms with van der Waals surface area (Å²) >= 11 is 0. The fourth-order valence-electron chi connectivity index (χ4n) is 5.92. The first-order valence-electron chi connectivity index (χ1n) is 13.9. The largest absolute Gasteiger partial charge is 0.467 e. The van der Waals surface area contributed by atoms with E-state index in [0.29, 0.717) is 42.6 Å². The summed E-state index contributed by atoms with van der Waals surface area (Å²) in [6.07, 6.45) is 6.39. The number of hydrogen-bond acceptors (Lipinski definition) is 9. The number of likely N-dealkylation sites (tertiary alicyclic amines) is 1. The van der Waals surface area contributed by atoms with E-state index in [0.717, 1.165) is 24.9 Å². The Morgan fingerprint density at radius 1 is 1.20 bits per heavy atom. The molecule has 3 aliphatic rings. The molecule has 3 aliphatic heterocycles. The first-order chi connectivity index (χ1) is 19.7. The van der Waals surface area contributed by atoms with Gasteiger partial charge in [0.05, 0.1) is 18.2 Å². The number of nitrogens with zero attached hydrogens (tertiary/aromatic N) is 7. The molecule has 6 rings (SSSR count). The number of halogens is 2. The van der Waals surface area contributed by atoms with Crippen LogP contribution in [-0.4, -0.2) is 94.2 Å². The predicted molar refractivity (Wildman–Crippen MR) is 154 cm³/mol. The molecule has 2 N–H and O–H groups in total. The van der Waals surface area contributed by atoms with E-state index in [1.807, 2.05) is 18.9 Å². The molecule has 12 heteroatoms. The summed E-state index contributed by atoms with van der Waals surface area (Å²) in [6, 6.07) is 4.05. The van der Waals surface area contributed by atoms with Crippen LogP contribution in [0.15, 0.2) is 31.0 Å². The van der Waals surface area contributed by atoms with Gasteiger partial charge < -0.3 is 20.3 Å². The lowest BCUT2D eigenvalue weighted by Crippen LogP contribution is -2.36. The van der Waals surface area contributed by atoms with Crippen LogP contribution in [0, 0.1) is 12.7 Å². The van der Waals surface area contributed by atoms with Gasteiger partial charge in [0, 0.05) is 45.0 Å². The average Bonchev–Trinajstić information content (AvgIpc) is 3.71. The van der Waals surface area contributed by atoms with Gasteiger partial charge in [-0.05, 0) is 56.9 Å². The molecule has 3 atom stereocenters. The van der Waals surface area contributed by atoms with Crippen molar-refractivity contribution >= 4 is 28.4 Å². The minimum Gasteiger partial charge on any atom is -0.467 e. The number of nitrogens with two attached hydrogens (primary N) is 1. The van der Waals surface area contributed by atoms with Crippen molar-refractivity contribution in [1.82, 2.24) is 29.7 Å². The molecule has 3 aromatic heterocycles. The van der Waals surface area contributed by atoms with Gasteiger partial charge >= 0.3 is 6.01 Å². The number of anilines is 2. The lowest BCUT2D eigenvalue weighted by Gasteiger charge is -2.27. The second kappa shape index (κ2) is 11.9. The van der Waals surface area contributed by atoms with Gasteiger partial charge in [0.2, 0.25) is 5.91 Å². The maximum Gasteiger partial charge on any atom is 0.318 e. The summed E-state index contributed by atoms with van der Waals surface area (Å²) in [5.41, 5.74) is 7.02. The zero-order chi connectivity index (χ0) is 29.3. The van der Waals surface area contributed by atoms with E-state index in [1.54, 1.807) is 17.0 Å². The number of amides is 1. The van der Waals surface area contributed by atoms with Gasteiger partial charge in [0.15, 0.2) is 5.82 Å².